The van der Waals surface area contributed by atoms with E-state index in [9.17, 15) is 0 Å². The highest BCUT2D eigenvalue weighted by atomic mass is 35.5. The van der Waals surface area contributed by atoms with E-state index in [1.165, 1.54) is 0 Å². The molecular weight excluding hydrogens is 333 g/mol. The molecule has 0 saturated heterocycles. The Balaban J connectivity index is 2.68. The Morgan fingerprint density at radius 3 is 1.82 bits per heavy atom. The largest absolute Gasteiger partial charge is 0.0843 e. The predicted molar refractivity (Wildman–Crippen MR) is 76.9 cm³/mol. The molecule has 0 amide bonds. The summed E-state index contributed by atoms with van der Waals surface area (Å²) in [5, 5.41) is 2.42. The van der Waals surface area contributed by atoms with Crippen LogP contribution in [0.5, 0.6) is 0 Å². The van der Waals surface area contributed by atoms with Crippen LogP contribution in [0.25, 0.3) is 11.1 Å². The molecule has 2 rings (SSSR count). The lowest BCUT2D eigenvalue weighted by atomic mass is 11.1. The van der Waals surface area contributed by atoms with Crippen LogP contribution in [0.15, 0.2) is 30.3 Å². The van der Waals surface area contributed by atoms with Crippen LogP contribution in [0.1, 0.15) is 0 Å². The summed E-state index contributed by atoms with van der Waals surface area (Å²) < 4.78 is 0. The molecule has 0 spiro atoms. The van der Waals surface area contributed by atoms with Crippen molar-refractivity contribution in [3.05, 3.63) is 55.4 Å². The standard InChI is InChI=1S/C12H5Cl5/c13-6-1-2-9(14)7(3-6)8-4-11(16)12(17)5-10(8)15/h1-5H/i1+1,2+1,3+1,4+1,5+1,6+1,7+1,8+1,9+1,10+1,11+1,12+1. The van der Waals surface area contributed by atoms with Crippen molar-refractivity contribution in [1.82, 2.24) is 0 Å². The van der Waals surface area contributed by atoms with Gasteiger partial charge >= 0.3 is 0 Å². The van der Waals surface area contributed by atoms with Gasteiger partial charge in [-0.2, -0.15) is 0 Å². The summed E-state index contributed by atoms with van der Waals surface area (Å²) in [6.45, 7) is 0. The third-order valence-corrected chi connectivity index (χ3v) is 3.83. The third kappa shape index (κ3) is 2.83. The molecule has 17 heavy (non-hydrogen) atoms. The molecule has 0 saturated carbocycles. The molecule has 0 atom stereocenters. The van der Waals surface area contributed by atoms with E-state index in [1.807, 2.05) is 0 Å². The molecule has 0 nitrogen and oxygen atoms in total. The van der Waals surface area contributed by atoms with Gasteiger partial charge in [-0.3, -0.25) is 0 Å². The van der Waals surface area contributed by atoms with Crippen LogP contribution in [-0.4, -0.2) is 0 Å². The molecule has 0 aliphatic heterocycles. The summed E-state index contributed by atoms with van der Waals surface area (Å²) in [6.07, 6.45) is 0. The average molecular weight is 338 g/mol. The zero-order valence-electron chi connectivity index (χ0n) is 8.28. The van der Waals surface area contributed by atoms with E-state index >= 15 is 0 Å². The van der Waals surface area contributed by atoms with Crippen LogP contribution in [-0.2, 0) is 0 Å². The second-order valence-corrected chi connectivity index (χ2v) is 5.44. The highest BCUT2D eigenvalue weighted by Crippen LogP contribution is 2.39. The Bertz CT molecular complexity index is 577. The number of benzene rings is 2. The van der Waals surface area contributed by atoms with Crippen molar-refractivity contribution in [2.75, 3.05) is 0 Å². The second kappa shape index (κ2) is 5.26. The Kier molecular flexibility index (Phi) is 4.12. The molecular formula is C12H5Cl5. The van der Waals surface area contributed by atoms with Gasteiger partial charge in [-0.25, -0.2) is 0 Å². The Labute approximate surface area is 124 Å². The highest BCUT2D eigenvalue weighted by molar-refractivity contribution is 6.44. The summed E-state index contributed by atoms with van der Waals surface area (Å²) >= 11 is 30.0. The highest BCUT2D eigenvalue weighted by Gasteiger charge is 2.11. The summed E-state index contributed by atoms with van der Waals surface area (Å²) in [4.78, 5) is 0. The first-order valence-electron chi connectivity index (χ1n) is 4.59. The molecule has 0 radical (unpaired) electrons. The van der Waals surface area contributed by atoms with Gasteiger partial charge in [-0.05, 0) is 30.3 Å². The molecule has 0 heterocycles. The van der Waals surface area contributed by atoms with Crippen molar-refractivity contribution in [1.29, 1.82) is 0 Å². The Morgan fingerprint density at radius 2 is 1.12 bits per heavy atom. The van der Waals surface area contributed by atoms with Crippen molar-refractivity contribution in [2.24, 2.45) is 0 Å². The zero-order valence-corrected chi connectivity index (χ0v) is 12.1. The van der Waals surface area contributed by atoms with E-state index in [0.29, 0.717) is 30.7 Å². The Hall–Kier alpha value is -0.110. The van der Waals surface area contributed by atoms with E-state index < -0.39 is 0 Å². The van der Waals surface area contributed by atoms with Gasteiger partial charge in [0, 0.05) is 21.2 Å². The minimum Gasteiger partial charge on any atom is -0.0843 e. The fraction of sp³-hybridized carbons (Fsp3) is 0. The first-order chi connectivity index (χ1) is 7.99. The molecule has 0 unspecified atom stereocenters. The molecule has 0 N–H and O–H groups in total. The van der Waals surface area contributed by atoms with Crippen molar-refractivity contribution in [3.8, 4) is 11.1 Å². The van der Waals surface area contributed by atoms with Crippen LogP contribution in [0.4, 0.5) is 0 Å². The van der Waals surface area contributed by atoms with E-state index in [1.54, 1.807) is 30.3 Å². The summed E-state index contributed by atoms with van der Waals surface area (Å²) in [5.74, 6) is 0. The molecule has 2 aromatic rings. The van der Waals surface area contributed by atoms with Crippen molar-refractivity contribution >= 4 is 58.0 Å². The minimum atomic E-state index is 0.401. The number of hydrogen-bond donors (Lipinski definition) is 0. The molecule has 0 fully saturated rings. The lowest BCUT2D eigenvalue weighted by molar-refractivity contribution is 1.61. The van der Waals surface area contributed by atoms with E-state index in [2.05, 4.69) is 0 Å². The molecule has 0 bridgehead atoms. The topological polar surface area (TPSA) is 0 Å². The van der Waals surface area contributed by atoms with Gasteiger partial charge in [0.2, 0.25) is 0 Å². The predicted octanol–water partition coefficient (Wildman–Crippen LogP) is 6.62. The van der Waals surface area contributed by atoms with Crippen LogP contribution in [0.3, 0.4) is 0 Å². The van der Waals surface area contributed by atoms with Crippen LogP contribution < -0.4 is 0 Å². The van der Waals surface area contributed by atoms with Gasteiger partial charge in [0.05, 0.1) is 15.1 Å². The average Bonchev–Trinajstić information content (AvgIpc) is 2.27. The van der Waals surface area contributed by atoms with Gasteiger partial charge in [-0.15, -0.1) is 0 Å². The van der Waals surface area contributed by atoms with Crippen molar-refractivity contribution in [3.63, 3.8) is 0 Å². The van der Waals surface area contributed by atoms with E-state index in [-0.39, 0.29) is 0 Å². The monoisotopic (exact) mass is 336 g/mol. The third-order valence-electron chi connectivity index (χ3n) is 2.23. The maximum atomic E-state index is 6.12. The second-order valence-electron chi connectivity index (χ2n) is 3.37. The van der Waals surface area contributed by atoms with Crippen LogP contribution in [0.2, 0.25) is 25.1 Å². The lowest BCUT2D eigenvalue weighted by Crippen LogP contribution is -1.83. The summed E-state index contributed by atoms with van der Waals surface area (Å²) in [7, 11) is 0. The molecule has 0 aliphatic carbocycles. The molecule has 2 aromatic carbocycles. The number of halogens is 5. The SMILES string of the molecule is Cl[13c]1[13cH][13cH][13c](Cl)[13c](-[13c]2[13cH][13c](Cl)[13c](Cl)[13cH][13c]2Cl)[13cH]1. The summed E-state index contributed by atoms with van der Waals surface area (Å²) in [6, 6.07) is 8.40. The molecule has 0 aromatic heterocycles. The smallest absolute Gasteiger partial charge is 0.0607 e. The maximum Gasteiger partial charge on any atom is 0.0607 e. The summed E-state index contributed by atoms with van der Waals surface area (Å²) in [5.41, 5.74) is 1.43. The van der Waals surface area contributed by atoms with Crippen molar-refractivity contribution in [2.45, 2.75) is 0 Å². The first-order valence-corrected chi connectivity index (χ1v) is 6.48. The minimum absolute atomic E-state index is 0.401. The quantitative estimate of drug-likeness (QED) is 0.513. The normalized spacial score (nSPS) is 10.6. The first kappa shape index (κ1) is 13.3. The van der Waals surface area contributed by atoms with Gasteiger partial charge in [0.25, 0.3) is 0 Å². The van der Waals surface area contributed by atoms with E-state index in [0.717, 1.165) is 5.56 Å². The fourth-order valence-electron chi connectivity index (χ4n) is 1.43. The molecule has 0 aliphatic rings. The zero-order chi connectivity index (χ0) is 12.6. The lowest BCUT2D eigenvalue weighted by Gasteiger charge is -2.09. The van der Waals surface area contributed by atoms with Gasteiger partial charge in [-0.1, -0.05) is 58.0 Å². The maximum absolute atomic E-state index is 6.12. The number of rotatable bonds is 1. The van der Waals surface area contributed by atoms with E-state index in [4.69, 9.17) is 58.0 Å². The van der Waals surface area contributed by atoms with Crippen molar-refractivity contribution < 1.29 is 0 Å². The number of hydrogen-bond acceptors (Lipinski definition) is 0. The fourth-order valence-corrected chi connectivity index (χ4v) is 2.47. The van der Waals surface area contributed by atoms with Crippen LogP contribution in [0, 0.1) is 0 Å². The Morgan fingerprint density at radius 1 is 0.529 bits per heavy atom. The molecule has 5 heteroatoms. The molecule has 88 valence electrons. The van der Waals surface area contributed by atoms with Gasteiger partial charge in [0.1, 0.15) is 0 Å². The van der Waals surface area contributed by atoms with Gasteiger partial charge < -0.3 is 0 Å². The van der Waals surface area contributed by atoms with Crippen LogP contribution >= 0.6 is 58.0 Å². The van der Waals surface area contributed by atoms with Gasteiger partial charge in [0.15, 0.2) is 0 Å².